The molecule has 0 saturated heterocycles. The van der Waals surface area contributed by atoms with Gasteiger partial charge in [0.15, 0.2) is 11.5 Å². The van der Waals surface area contributed by atoms with Crippen molar-refractivity contribution in [1.82, 2.24) is 0 Å². The van der Waals surface area contributed by atoms with Gasteiger partial charge in [-0.2, -0.15) is 0 Å². The van der Waals surface area contributed by atoms with Crippen molar-refractivity contribution in [2.75, 3.05) is 14.2 Å². The van der Waals surface area contributed by atoms with E-state index in [4.69, 9.17) is 14.3 Å². The summed E-state index contributed by atoms with van der Waals surface area (Å²) in [6, 6.07) is 13.9. The lowest BCUT2D eigenvalue weighted by atomic mass is 10.2. The van der Waals surface area contributed by atoms with E-state index >= 15 is 0 Å². The van der Waals surface area contributed by atoms with Gasteiger partial charge in [0.1, 0.15) is 0 Å². The lowest BCUT2D eigenvalue weighted by Gasteiger charge is -2.07. The van der Waals surface area contributed by atoms with Gasteiger partial charge in [0.05, 0.1) is 26.0 Å². The van der Waals surface area contributed by atoms with Gasteiger partial charge in [0, 0.05) is 5.56 Å². The van der Waals surface area contributed by atoms with E-state index in [0.717, 1.165) is 5.56 Å². The molecule has 0 N–H and O–H groups in total. The molecular formula is C16H15NO4. The first-order valence-electron chi connectivity index (χ1n) is 6.26. The zero-order valence-corrected chi connectivity index (χ0v) is 11.8. The van der Waals surface area contributed by atoms with Crippen molar-refractivity contribution >= 4 is 12.2 Å². The molecule has 0 aliphatic carbocycles. The molecule has 108 valence electrons. The Kier molecular flexibility index (Phi) is 4.93. The van der Waals surface area contributed by atoms with Crippen molar-refractivity contribution in [3.8, 4) is 11.5 Å². The van der Waals surface area contributed by atoms with Gasteiger partial charge < -0.3 is 14.3 Å². The quantitative estimate of drug-likeness (QED) is 0.481. The Morgan fingerprint density at radius 2 is 1.71 bits per heavy atom. The summed E-state index contributed by atoms with van der Waals surface area (Å²) in [6.07, 6.45) is 1.43. The Bertz CT molecular complexity index is 638. The van der Waals surface area contributed by atoms with E-state index in [9.17, 15) is 4.79 Å². The number of hydrogen-bond donors (Lipinski definition) is 0. The van der Waals surface area contributed by atoms with Crippen LogP contribution in [0.2, 0.25) is 0 Å². The van der Waals surface area contributed by atoms with E-state index in [0.29, 0.717) is 17.1 Å². The predicted molar refractivity (Wildman–Crippen MR) is 79.0 cm³/mol. The second kappa shape index (κ2) is 7.09. The van der Waals surface area contributed by atoms with Crippen LogP contribution < -0.4 is 9.47 Å². The topological polar surface area (TPSA) is 57.1 Å². The molecule has 0 unspecified atom stereocenters. The number of carbonyl (C=O) groups excluding carboxylic acids is 1. The highest BCUT2D eigenvalue weighted by Gasteiger charge is 2.06. The van der Waals surface area contributed by atoms with Crippen LogP contribution in [0, 0.1) is 0 Å². The number of benzene rings is 2. The molecule has 2 aromatic carbocycles. The Morgan fingerprint density at radius 1 is 1.00 bits per heavy atom. The molecule has 0 bridgehead atoms. The third kappa shape index (κ3) is 3.82. The Hall–Kier alpha value is -2.82. The van der Waals surface area contributed by atoms with Gasteiger partial charge in [-0.25, -0.2) is 4.79 Å². The zero-order valence-electron chi connectivity index (χ0n) is 11.8. The van der Waals surface area contributed by atoms with Crippen LogP contribution in [-0.2, 0) is 4.84 Å². The summed E-state index contributed by atoms with van der Waals surface area (Å²) in [7, 11) is 3.11. The van der Waals surface area contributed by atoms with Gasteiger partial charge in [-0.15, -0.1) is 0 Å². The summed E-state index contributed by atoms with van der Waals surface area (Å²) in [5, 5.41) is 3.68. The van der Waals surface area contributed by atoms with Crippen LogP contribution in [0.5, 0.6) is 11.5 Å². The summed E-state index contributed by atoms with van der Waals surface area (Å²) in [4.78, 5) is 16.5. The molecule has 5 heteroatoms. The van der Waals surface area contributed by atoms with E-state index in [-0.39, 0.29) is 0 Å². The Morgan fingerprint density at radius 3 is 2.38 bits per heavy atom. The minimum absolute atomic E-state index is 0.446. The number of oxime groups is 1. The molecule has 2 aromatic rings. The maximum atomic E-state index is 11.7. The number of ether oxygens (including phenoxy) is 2. The van der Waals surface area contributed by atoms with Crippen LogP contribution >= 0.6 is 0 Å². The predicted octanol–water partition coefficient (Wildman–Crippen LogP) is 2.89. The minimum atomic E-state index is -0.507. The molecule has 0 aromatic heterocycles. The molecule has 0 aliphatic rings. The smallest absolute Gasteiger partial charge is 0.365 e. The van der Waals surface area contributed by atoms with Crippen molar-refractivity contribution in [1.29, 1.82) is 0 Å². The van der Waals surface area contributed by atoms with Gasteiger partial charge in [0.2, 0.25) is 0 Å². The molecule has 0 spiro atoms. The van der Waals surface area contributed by atoms with Crippen molar-refractivity contribution in [3.63, 3.8) is 0 Å². The molecular weight excluding hydrogens is 270 g/mol. The fourth-order valence-corrected chi connectivity index (χ4v) is 1.70. The Balaban J connectivity index is 2.03. The standard InChI is InChI=1S/C16H15NO4/c1-19-14-9-8-12(10-15(14)20-2)11-17-21-16(18)13-6-4-3-5-7-13/h3-11H,1-2H3/b17-11+. The van der Waals surface area contributed by atoms with Crippen LogP contribution in [0.4, 0.5) is 0 Å². The van der Waals surface area contributed by atoms with Gasteiger partial charge >= 0.3 is 5.97 Å². The van der Waals surface area contributed by atoms with Gasteiger partial charge in [-0.1, -0.05) is 23.4 Å². The van der Waals surface area contributed by atoms with Crippen LogP contribution in [0.1, 0.15) is 15.9 Å². The van der Waals surface area contributed by atoms with Crippen molar-refractivity contribution < 1.29 is 19.1 Å². The van der Waals surface area contributed by atoms with Crippen LogP contribution in [0.3, 0.4) is 0 Å². The molecule has 0 fully saturated rings. The SMILES string of the molecule is COc1ccc(/C=N/OC(=O)c2ccccc2)cc1OC. The summed E-state index contributed by atoms with van der Waals surface area (Å²) in [6.45, 7) is 0. The second-order valence-corrected chi connectivity index (χ2v) is 4.09. The zero-order chi connectivity index (χ0) is 15.1. The van der Waals surface area contributed by atoms with E-state index in [1.807, 2.05) is 6.07 Å². The number of methoxy groups -OCH3 is 2. The highest BCUT2D eigenvalue weighted by Crippen LogP contribution is 2.26. The molecule has 0 aliphatic heterocycles. The monoisotopic (exact) mass is 285 g/mol. The molecule has 0 amide bonds. The van der Waals surface area contributed by atoms with E-state index in [1.54, 1.807) is 56.7 Å². The first-order valence-corrected chi connectivity index (χ1v) is 6.26. The molecule has 0 saturated carbocycles. The lowest BCUT2D eigenvalue weighted by molar-refractivity contribution is 0.0519. The number of carbonyl (C=O) groups is 1. The van der Waals surface area contributed by atoms with Gasteiger partial charge in [-0.3, -0.25) is 0 Å². The van der Waals surface area contributed by atoms with Gasteiger partial charge in [0.25, 0.3) is 0 Å². The fraction of sp³-hybridized carbons (Fsp3) is 0.125. The summed E-state index contributed by atoms with van der Waals surface area (Å²) in [5.74, 6) is 0.694. The molecule has 0 heterocycles. The van der Waals surface area contributed by atoms with Crippen LogP contribution in [0.15, 0.2) is 53.7 Å². The first kappa shape index (κ1) is 14.6. The largest absolute Gasteiger partial charge is 0.493 e. The number of rotatable bonds is 5. The van der Waals surface area contributed by atoms with E-state index < -0.39 is 5.97 Å². The number of hydrogen-bond acceptors (Lipinski definition) is 5. The highest BCUT2D eigenvalue weighted by atomic mass is 16.7. The van der Waals surface area contributed by atoms with Crippen molar-refractivity contribution in [2.24, 2.45) is 5.16 Å². The highest BCUT2D eigenvalue weighted by molar-refractivity contribution is 5.90. The van der Waals surface area contributed by atoms with Crippen molar-refractivity contribution in [3.05, 3.63) is 59.7 Å². The molecule has 2 rings (SSSR count). The average molecular weight is 285 g/mol. The Labute approximate surface area is 122 Å². The average Bonchev–Trinajstić information content (AvgIpc) is 2.55. The summed E-state index contributed by atoms with van der Waals surface area (Å²) < 4.78 is 10.3. The van der Waals surface area contributed by atoms with Crippen molar-refractivity contribution in [2.45, 2.75) is 0 Å². The second-order valence-electron chi connectivity index (χ2n) is 4.09. The molecule has 0 atom stereocenters. The van der Waals surface area contributed by atoms with Crippen LogP contribution in [-0.4, -0.2) is 26.4 Å². The summed E-state index contributed by atoms with van der Waals surface area (Å²) >= 11 is 0. The van der Waals surface area contributed by atoms with Gasteiger partial charge in [-0.05, 0) is 30.3 Å². The maximum Gasteiger partial charge on any atom is 0.365 e. The molecule has 0 radical (unpaired) electrons. The summed E-state index contributed by atoms with van der Waals surface area (Å²) in [5.41, 5.74) is 1.18. The number of nitrogens with zero attached hydrogens (tertiary/aromatic N) is 1. The minimum Gasteiger partial charge on any atom is -0.493 e. The normalized spacial score (nSPS) is 10.4. The first-order chi connectivity index (χ1) is 10.2. The van der Waals surface area contributed by atoms with E-state index in [2.05, 4.69) is 5.16 Å². The maximum absolute atomic E-state index is 11.7. The van der Waals surface area contributed by atoms with E-state index in [1.165, 1.54) is 6.21 Å². The lowest BCUT2D eigenvalue weighted by Crippen LogP contribution is -2.00. The molecule has 5 nitrogen and oxygen atoms in total. The van der Waals surface area contributed by atoms with Crippen LogP contribution in [0.25, 0.3) is 0 Å². The third-order valence-corrected chi connectivity index (χ3v) is 2.75. The fourth-order valence-electron chi connectivity index (χ4n) is 1.70. The third-order valence-electron chi connectivity index (χ3n) is 2.75. The molecule has 21 heavy (non-hydrogen) atoms.